The summed E-state index contributed by atoms with van der Waals surface area (Å²) in [4.78, 5) is 0. The van der Waals surface area contributed by atoms with Crippen molar-refractivity contribution in [2.24, 2.45) is 5.73 Å². The molecule has 1 aromatic carbocycles. The van der Waals surface area contributed by atoms with Gasteiger partial charge in [-0.05, 0) is 23.8 Å². The van der Waals surface area contributed by atoms with Gasteiger partial charge in [0.15, 0.2) is 0 Å². The highest BCUT2D eigenvalue weighted by Gasteiger charge is 2.03. The van der Waals surface area contributed by atoms with Gasteiger partial charge in [0, 0.05) is 16.6 Å². The lowest BCUT2D eigenvalue weighted by Gasteiger charge is -2.07. The summed E-state index contributed by atoms with van der Waals surface area (Å²) in [6, 6.07) is 9.73. The van der Waals surface area contributed by atoms with Crippen molar-refractivity contribution < 1.29 is 4.74 Å². The minimum absolute atomic E-state index is 0.394. The van der Waals surface area contributed by atoms with Gasteiger partial charge in [-0.1, -0.05) is 28.1 Å². The molecule has 1 aromatic heterocycles. The van der Waals surface area contributed by atoms with Gasteiger partial charge in [-0.2, -0.15) is 5.10 Å². The normalized spacial score (nSPS) is 10.2. The molecule has 0 radical (unpaired) electrons. The fourth-order valence-corrected chi connectivity index (χ4v) is 1.62. The molecule has 2 rings (SSSR count). The smallest absolute Gasteiger partial charge is 0.238 e. The summed E-state index contributed by atoms with van der Waals surface area (Å²) >= 11 is 3.38. The van der Waals surface area contributed by atoms with E-state index in [9.17, 15) is 0 Å². The van der Waals surface area contributed by atoms with Crippen LogP contribution in [0, 0.1) is 0 Å². The van der Waals surface area contributed by atoms with Crippen molar-refractivity contribution >= 4 is 15.9 Å². The summed E-state index contributed by atoms with van der Waals surface area (Å²) in [6.45, 7) is 0.851. The number of aromatic nitrogens is 2. The van der Waals surface area contributed by atoms with E-state index in [1.165, 1.54) is 0 Å². The van der Waals surface area contributed by atoms with Crippen molar-refractivity contribution in [2.45, 2.75) is 13.2 Å². The molecule has 0 saturated heterocycles. The van der Waals surface area contributed by atoms with Crippen LogP contribution in [0.15, 0.2) is 41.0 Å². The predicted octanol–water partition coefficient (Wildman–Crippen LogP) is 2.28. The summed E-state index contributed by atoms with van der Waals surface area (Å²) < 4.78 is 6.63. The standard InChI is InChI=1S/C12H12BrN3O/c13-11-3-1-9(2-4-11)8-17-12-10(7-14)5-6-15-16-12/h1-6H,7-8,14H2. The Morgan fingerprint density at radius 1 is 1.18 bits per heavy atom. The molecule has 1 heterocycles. The summed E-state index contributed by atoms with van der Waals surface area (Å²) in [6.07, 6.45) is 1.61. The van der Waals surface area contributed by atoms with E-state index in [-0.39, 0.29) is 0 Å². The van der Waals surface area contributed by atoms with Gasteiger partial charge in [-0.3, -0.25) is 0 Å². The van der Waals surface area contributed by atoms with E-state index in [4.69, 9.17) is 10.5 Å². The van der Waals surface area contributed by atoms with Gasteiger partial charge in [-0.25, -0.2) is 0 Å². The Kier molecular flexibility index (Phi) is 4.06. The van der Waals surface area contributed by atoms with Crippen molar-refractivity contribution in [3.8, 4) is 5.88 Å². The number of hydrogen-bond donors (Lipinski definition) is 1. The van der Waals surface area contributed by atoms with E-state index >= 15 is 0 Å². The van der Waals surface area contributed by atoms with Crippen LogP contribution in [0.1, 0.15) is 11.1 Å². The van der Waals surface area contributed by atoms with E-state index in [0.717, 1.165) is 15.6 Å². The molecule has 0 bridgehead atoms. The molecule has 0 saturated carbocycles. The number of nitrogens with zero attached hydrogens (tertiary/aromatic N) is 2. The molecule has 88 valence electrons. The molecular weight excluding hydrogens is 282 g/mol. The molecule has 0 amide bonds. The largest absolute Gasteiger partial charge is 0.471 e. The average molecular weight is 294 g/mol. The second kappa shape index (κ2) is 5.75. The van der Waals surface area contributed by atoms with E-state index in [1.54, 1.807) is 6.20 Å². The van der Waals surface area contributed by atoms with Gasteiger partial charge >= 0.3 is 0 Å². The molecule has 5 heteroatoms. The first kappa shape index (κ1) is 12.0. The fourth-order valence-electron chi connectivity index (χ4n) is 1.35. The number of halogens is 1. The minimum atomic E-state index is 0.394. The Balaban J connectivity index is 2.04. The third-order valence-corrected chi connectivity index (χ3v) is 2.80. The quantitative estimate of drug-likeness (QED) is 0.939. The van der Waals surface area contributed by atoms with Crippen LogP contribution < -0.4 is 10.5 Å². The van der Waals surface area contributed by atoms with Crippen LogP contribution in [0.5, 0.6) is 5.88 Å². The Labute approximate surface area is 108 Å². The zero-order valence-electron chi connectivity index (χ0n) is 9.14. The van der Waals surface area contributed by atoms with Crippen LogP contribution in [0.25, 0.3) is 0 Å². The maximum Gasteiger partial charge on any atom is 0.238 e. The van der Waals surface area contributed by atoms with Gasteiger partial charge in [0.2, 0.25) is 5.88 Å². The number of hydrogen-bond acceptors (Lipinski definition) is 4. The second-order valence-corrected chi connectivity index (χ2v) is 4.40. The van der Waals surface area contributed by atoms with Crippen molar-refractivity contribution in [3.63, 3.8) is 0 Å². The highest BCUT2D eigenvalue weighted by Crippen LogP contribution is 2.15. The summed E-state index contributed by atoms with van der Waals surface area (Å²) in [5, 5.41) is 7.70. The molecule has 0 aliphatic heterocycles. The maximum atomic E-state index is 5.59. The number of nitrogens with two attached hydrogens (primary N) is 1. The van der Waals surface area contributed by atoms with Crippen LogP contribution in [0.2, 0.25) is 0 Å². The first-order valence-electron chi connectivity index (χ1n) is 5.17. The van der Waals surface area contributed by atoms with Gasteiger partial charge < -0.3 is 10.5 Å². The molecule has 0 fully saturated rings. The molecule has 0 spiro atoms. The fraction of sp³-hybridized carbons (Fsp3) is 0.167. The van der Waals surface area contributed by atoms with E-state index in [2.05, 4.69) is 26.1 Å². The molecule has 0 aliphatic rings. The Morgan fingerprint density at radius 2 is 1.94 bits per heavy atom. The van der Waals surface area contributed by atoms with Crippen LogP contribution in [0.4, 0.5) is 0 Å². The van der Waals surface area contributed by atoms with Crippen LogP contribution in [0.3, 0.4) is 0 Å². The van der Waals surface area contributed by atoms with Crippen molar-refractivity contribution in [3.05, 3.63) is 52.1 Å². The third kappa shape index (κ3) is 3.25. The van der Waals surface area contributed by atoms with E-state index in [0.29, 0.717) is 19.0 Å². The zero-order valence-corrected chi connectivity index (χ0v) is 10.7. The molecule has 2 N–H and O–H groups in total. The summed E-state index contributed by atoms with van der Waals surface area (Å²) in [7, 11) is 0. The number of rotatable bonds is 4. The van der Waals surface area contributed by atoms with Crippen molar-refractivity contribution in [2.75, 3.05) is 0 Å². The lowest BCUT2D eigenvalue weighted by atomic mass is 10.2. The Morgan fingerprint density at radius 3 is 2.65 bits per heavy atom. The van der Waals surface area contributed by atoms with Gasteiger partial charge in [-0.15, -0.1) is 5.10 Å². The third-order valence-electron chi connectivity index (χ3n) is 2.27. The molecule has 2 aromatic rings. The SMILES string of the molecule is NCc1ccnnc1OCc1ccc(Br)cc1. The average Bonchev–Trinajstić information content (AvgIpc) is 2.38. The van der Waals surface area contributed by atoms with Gasteiger partial charge in [0.05, 0.1) is 6.20 Å². The second-order valence-electron chi connectivity index (χ2n) is 3.48. The molecule has 4 nitrogen and oxygen atoms in total. The highest BCUT2D eigenvalue weighted by atomic mass is 79.9. The zero-order chi connectivity index (χ0) is 12.1. The lowest BCUT2D eigenvalue weighted by Crippen LogP contribution is -2.05. The van der Waals surface area contributed by atoms with Gasteiger partial charge in [0.25, 0.3) is 0 Å². The molecule has 0 atom stereocenters. The molecular formula is C12H12BrN3O. The predicted molar refractivity (Wildman–Crippen MR) is 68.4 cm³/mol. The van der Waals surface area contributed by atoms with Crippen molar-refractivity contribution in [1.29, 1.82) is 0 Å². The van der Waals surface area contributed by atoms with E-state index < -0.39 is 0 Å². The highest BCUT2D eigenvalue weighted by molar-refractivity contribution is 9.10. The number of benzene rings is 1. The first-order valence-corrected chi connectivity index (χ1v) is 5.97. The Bertz CT molecular complexity index is 487. The summed E-state index contributed by atoms with van der Waals surface area (Å²) in [5.74, 6) is 0.498. The topological polar surface area (TPSA) is 61.0 Å². The maximum absolute atomic E-state index is 5.59. The molecule has 0 aliphatic carbocycles. The number of ether oxygens (including phenoxy) is 1. The Hall–Kier alpha value is -1.46. The van der Waals surface area contributed by atoms with E-state index in [1.807, 2.05) is 30.3 Å². The van der Waals surface area contributed by atoms with Crippen LogP contribution in [-0.4, -0.2) is 10.2 Å². The first-order chi connectivity index (χ1) is 8.29. The summed E-state index contributed by atoms with van der Waals surface area (Å²) in [5.41, 5.74) is 7.52. The molecule has 0 unspecified atom stereocenters. The lowest BCUT2D eigenvalue weighted by molar-refractivity contribution is 0.286. The van der Waals surface area contributed by atoms with Crippen LogP contribution in [-0.2, 0) is 13.2 Å². The van der Waals surface area contributed by atoms with Crippen LogP contribution >= 0.6 is 15.9 Å². The van der Waals surface area contributed by atoms with Gasteiger partial charge in [0.1, 0.15) is 6.61 Å². The van der Waals surface area contributed by atoms with Crippen molar-refractivity contribution in [1.82, 2.24) is 10.2 Å². The monoisotopic (exact) mass is 293 g/mol. The minimum Gasteiger partial charge on any atom is -0.471 e. The molecule has 17 heavy (non-hydrogen) atoms.